The average molecular weight is 573 g/mol. The van der Waals surface area contributed by atoms with Gasteiger partial charge in [0.2, 0.25) is 10.9 Å². The van der Waals surface area contributed by atoms with Gasteiger partial charge in [0.1, 0.15) is 5.75 Å². The minimum Gasteiger partial charge on any atom is -0.493 e. The van der Waals surface area contributed by atoms with Gasteiger partial charge >= 0.3 is 5.97 Å². The second-order valence-corrected chi connectivity index (χ2v) is 9.67. The molecule has 12 nitrogen and oxygen atoms in total. The summed E-state index contributed by atoms with van der Waals surface area (Å²) in [5, 5.41) is 0.195. The average Bonchev–Trinajstić information content (AvgIpc) is 3.37. The van der Waals surface area contributed by atoms with Crippen LogP contribution in [0.3, 0.4) is 0 Å². The summed E-state index contributed by atoms with van der Waals surface area (Å²) in [7, 11) is 4.14. The number of methoxy groups -OCH3 is 3. The van der Waals surface area contributed by atoms with Crippen molar-refractivity contribution in [1.82, 2.24) is 15.0 Å². The van der Waals surface area contributed by atoms with Gasteiger partial charge in [-0.25, -0.2) is 19.0 Å². The molecule has 204 valence electrons. The van der Waals surface area contributed by atoms with Crippen LogP contribution in [0.5, 0.6) is 28.9 Å². The minimum atomic E-state index is -2.61. The zero-order chi connectivity index (χ0) is 27.9. The molecule has 14 heteroatoms. The fraction of sp³-hybridized carbons (Fsp3) is 0.200. The number of hydrogen-bond acceptors (Lipinski definition) is 11. The molecule has 0 saturated carbocycles. The van der Waals surface area contributed by atoms with Gasteiger partial charge in [0, 0.05) is 16.6 Å². The molecule has 0 fully saturated rings. The van der Waals surface area contributed by atoms with Crippen molar-refractivity contribution in [3.8, 4) is 40.3 Å². The van der Waals surface area contributed by atoms with E-state index in [9.17, 15) is 13.6 Å². The highest BCUT2D eigenvalue weighted by Gasteiger charge is 2.30. The molecule has 39 heavy (non-hydrogen) atoms. The van der Waals surface area contributed by atoms with E-state index in [1.807, 2.05) is 6.92 Å². The van der Waals surface area contributed by atoms with E-state index >= 15 is 0 Å². The number of aromatic nitrogens is 3. The lowest BCUT2D eigenvalue weighted by atomic mass is 10.2. The summed E-state index contributed by atoms with van der Waals surface area (Å²) in [6.45, 7) is 1.53. The van der Waals surface area contributed by atoms with Gasteiger partial charge in [-0.3, -0.25) is 4.55 Å². The number of hydrogen-bond donors (Lipinski definition) is 1. The van der Waals surface area contributed by atoms with E-state index in [1.165, 1.54) is 32.7 Å². The first kappa shape index (κ1) is 27.8. The molecule has 2 aromatic carbocycles. The van der Waals surface area contributed by atoms with Crippen LogP contribution in [-0.4, -0.2) is 57.6 Å². The summed E-state index contributed by atoms with van der Waals surface area (Å²) in [5.41, 5.74) is 0.472. The van der Waals surface area contributed by atoms with Gasteiger partial charge in [0.05, 0.1) is 21.3 Å². The maximum absolute atomic E-state index is 12.7. The fourth-order valence-electron chi connectivity index (χ4n) is 3.32. The second kappa shape index (κ2) is 12.5. The SMILES string of the molecule is COC(=O)COc1cccc(-c2nc(OC)c(Oc3ccccc3OC)c(N(c3ncc(C)s3)S(=O)O)n2)c1. The summed E-state index contributed by atoms with van der Waals surface area (Å²) in [6.07, 6.45) is 1.57. The maximum Gasteiger partial charge on any atom is 0.343 e. The number of carbonyl (C=O) groups excluding carboxylic acids is 1. The monoisotopic (exact) mass is 572 g/mol. The lowest BCUT2D eigenvalue weighted by Crippen LogP contribution is -2.22. The Balaban J connectivity index is 1.89. The van der Waals surface area contributed by atoms with Crippen molar-refractivity contribution < 1.29 is 37.2 Å². The Kier molecular flexibility index (Phi) is 8.91. The zero-order valence-corrected chi connectivity index (χ0v) is 22.9. The largest absolute Gasteiger partial charge is 0.493 e. The Bertz CT molecular complexity index is 1500. The third-order valence-electron chi connectivity index (χ3n) is 5.10. The first-order valence-corrected chi connectivity index (χ1v) is 13.1. The highest BCUT2D eigenvalue weighted by Crippen LogP contribution is 2.45. The molecule has 2 aromatic heterocycles. The molecule has 0 saturated heterocycles. The van der Waals surface area contributed by atoms with Crippen molar-refractivity contribution in [1.29, 1.82) is 0 Å². The van der Waals surface area contributed by atoms with E-state index in [2.05, 4.69) is 19.7 Å². The van der Waals surface area contributed by atoms with Gasteiger partial charge in [0.15, 0.2) is 29.7 Å². The molecule has 2 heterocycles. The first-order valence-electron chi connectivity index (χ1n) is 11.2. The lowest BCUT2D eigenvalue weighted by Gasteiger charge is -2.21. The molecular formula is C25H24N4O8S2. The number of ether oxygens (including phenoxy) is 5. The molecule has 1 atom stereocenters. The maximum atomic E-state index is 12.7. The van der Waals surface area contributed by atoms with Crippen LogP contribution in [0.15, 0.2) is 54.7 Å². The molecule has 0 aliphatic carbocycles. The summed E-state index contributed by atoms with van der Waals surface area (Å²) < 4.78 is 51.2. The van der Waals surface area contributed by atoms with Gasteiger partial charge in [-0.1, -0.05) is 24.3 Å². The highest BCUT2D eigenvalue weighted by molar-refractivity contribution is 7.81. The summed E-state index contributed by atoms with van der Waals surface area (Å²) >= 11 is -1.42. The van der Waals surface area contributed by atoms with E-state index in [4.69, 9.17) is 18.9 Å². The highest BCUT2D eigenvalue weighted by atomic mass is 32.2. The topological polar surface area (TPSA) is 142 Å². The van der Waals surface area contributed by atoms with Crippen LogP contribution in [0.25, 0.3) is 11.4 Å². The molecule has 0 aliphatic heterocycles. The number of nitrogens with zero attached hydrogens (tertiary/aromatic N) is 4. The predicted octanol–water partition coefficient (Wildman–Crippen LogP) is 4.54. The van der Waals surface area contributed by atoms with E-state index in [0.717, 1.165) is 9.18 Å². The molecule has 4 aromatic rings. The number of aryl methyl sites for hydroxylation is 1. The van der Waals surface area contributed by atoms with E-state index in [0.29, 0.717) is 22.8 Å². The molecule has 1 unspecified atom stereocenters. The first-order chi connectivity index (χ1) is 18.8. The number of anilines is 2. The Morgan fingerprint density at radius 3 is 2.46 bits per heavy atom. The molecule has 1 N–H and O–H groups in total. The third-order valence-corrected chi connectivity index (χ3v) is 6.77. The van der Waals surface area contributed by atoms with E-state index < -0.39 is 17.2 Å². The Morgan fingerprint density at radius 2 is 1.82 bits per heavy atom. The zero-order valence-electron chi connectivity index (χ0n) is 21.3. The molecule has 0 aliphatic rings. The summed E-state index contributed by atoms with van der Waals surface area (Å²) in [5.74, 6) is 0.498. The molecule has 0 bridgehead atoms. The number of carbonyl (C=O) groups is 1. The molecule has 0 spiro atoms. The van der Waals surface area contributed by atoms with Gasteiger partial charge in [0.25, 0.3) is 17.1 Å². The summed E-state index contributed by atoms with van der Waals surface area (Å²) in [6, 6.07) is 13.5. The Hall–Kier alpha value is -4.27. The standard InChI is InChI=1S/C25H24N4O8S2/c1-15-13-26-25(38-15)29(39(31)32)23-21(37-19-11-6-5-10-18(19)33-2)24(35-4)28-22(27-23)16-8-7-9-17(12-16)36-14-20(30)34-3/h5-13H,14H2,1-4H3,(H,31,32). The van der Waals surface area contributed by atoms with Crippen LogP contribution in [0.1, 0.15) is 4.88 Å². The number of para-hydroxylation sites is 2. The number of benzene rings is 2. The van der Waals surface area contributed by atoms with Crippen LogP contribution in [0.2, 0.25) is 0 Å². The quantitative estimate of drug-likeness (QED) is 0.200. The second-order valence-electron chi connectivity index (χ2n) is 7.63. The van der Waals surface area contributed by atoms with Crippen LogP contribution in [0.4, 0.5) is 10.9 Å². The van der Waals surface area contributed by atoms with Crippen LogP contribution < -0.4 is 23.3 Å². The number of rotatable bonds is 11. The Morgan fingerprint density at radius 1 is 1.05 bits per heavy atom. The van der Waals surface area contributed by atoms with Gasteiger partial charge < -0.3 is 23.7 Å². The Labute approximate surface area is 230 Å². The smallest absolute Gasteiger partial charge is 0.343 e. The fourth-order valence-corrected chi connectivity index (χ4v) is 4.74. The van der Waals surface area contributed by atoms with Gasteiger partial charge in [-0.05, 0) is 31.2 Å². The summed E-state index contributed by atoms with van der Waals surface area (Å²) in [4.78, 5) is 25.7. The number of esters is 1. The van der Waals surface area contributed by atoms with E-state index in [-0.39, 0.29) is 35.0 Å². The predicted molar refractivity (Wildman–Crippen MR) is 144 cm³/mol. The van der Waals surface area contributed by atoms with Crippen molar-refractivity contribution in [3.63, 3.8) is 0 Å². The molecule has 0 amide bonds. The van der Waals surface area contributed by atoms with Crippen molar-refractivity contribution >= 4 is 39.5 Å². The minimum absolute atomic E-state index is 0.0227. The van der Waals surface area contributed by atoms with Crippen molar-refractivity contribution in [2.24, 2.45) is 0 Å². The molecule has 0 radical (unpaired) electrons. The van der Waals surface area contributed by atoms with Gasteiger partial charge in [-0.2, -0.15) is 9.29 Å². The normalized spacial score (nSPS) is 11.4. The van der Waals surface area contributed by atoms with E-state index in [1.54, 1.807) is 54.7 Å². The lowest BCUT2D eigenvalue weighted by molar-refractivity contribution is -0.142. The van der Waals surface area contributed by atoms with Crippen LogP contribution in [-0.2, 0) is 20.8 Å². The molecular weight excluding hydrogens is 548 g/mol. The van der Waals surface area contributed by atoms with Crippen molar-refractivity contribution in [3.05, 3.63) is 59.6 Å². The van der Waals surface area contributed by atoms with Crippen molar-refractivity contribution in [2.75, 3.05) is 32.2 Å². The third kappa shape index (κ3) is 6.42. The van der Waals surface area contributed by atoms with Crippen molar-refractivity contribution in [2.45, 2.75) is 6.92 Å². The van der Waals surface area contributed by atoms with Crippen LogP contribution >= 0.6 is 11.3 Å². The molecule has 4 rings (SSSR count). The number of thiazole rings is 1. The van der Waals surface area contributed by atoms with Crippen LogP contribution in [0, 0.1) is 6.92 Å². The van der Waals surface area contributed by atoms with Gasteiger partial charge in [-0.15, -0.1) is 11.3 Å².